The molecule has 0 saturated carbocycles. The van der Waals surface area contributed by atoms with Gasteiger partial charge in [0.05, 0.1) is 11.4 Å². The summed E-state index contributed by atoms with van der Waals surface area (Å²) in [6.07, 6.45) is 0. The lowest BCUT2D eigenvalue weighted by Gasteiger charge is -2.35. The monoisotopic (exact) mass is 459 g/mol. The van der Waals surface area contributed by atoms with Gasteiger partial charge in [0.2, 0.25) is 10.0 Å². The number of amides is 1. The number of halogens is 1. The molecule has 1 aromatic heterocycles. The summed E-state index contributed by atoms with van der Waals surface area (Å²) in [6, 6.07) is 14.6. The van der Waals surface area contributed by atoms with Crippen molar-refractivity contribution in [3.05, 3.63) is 76.4 Å². The number of piperazine rings is 1. The SMILES string of the molecule is O=C(NCCS(=O)(=O)N1CCN(c2ccccc2F)CC1)c1cc2ccccc2oc1=O. The summed E-state index contributed by atoms with van der Waals surface area (Å²) in [4.78, 5) is 26.3. The van der Waals surface area contributed by atoms with Crippen LogP contribution < -0.4 is 15.8 Å². The fourth-order valence-electron chi connectivity index (χ4n) is 3.65. The zero-order chi connectivity index (χ0) is 22.7. The minimum absolute atomic E-state index is 0.152. The van der Waals surface area contributed by atoms with Crippen molar-refractivity contribution in [1.29, 1.82) is 0 Å². The summed E-state index contributed by atoms with van der Waals surface area (Å²) in [5.41, 5.74) is -0.148. The van der Waals surface area contributed by atoms with E-state index in [1.165, 1.54) is 16.4 Å². The van der Waals surface area contributed by atoms with Crippen LogP contribution in [0.5, 0.6) is 0 Å². The molecule has 0 spiro atoms. The van der Waals surface area contributed by atoms with Gasteiger partial charge >= 0.3 is 5.63 Å². The molecule has 32 heavy (non-hydrogen) atoms. The van der Waals surface area contributed by atoms with E-state index in [1.54, 1.807) is 42.5 Å². The Bertz CT molecular complexity index is 1300. The topological polar surface area (TPSA) is 99.9 Å². The second kappa shape index (κ2) is 9.09. The summed E-state index contributed by atoms with van der Waals surface area (Å²) in [6.45, 7) is 1.02. The van der Waals surface area contributed by atoms with E-state index >= 15 is 0 Å². The Morgan fingerprint density at radius 1 is 1.03 bits per heavy atom. The quantitative estimate of drug-likeness (QED) is 0.565. The van der Waals surface area contributed by atoms with E-state index in [4.69, 9.17) is 4.42 Å². The summed E-state index contributed by atoms with van der Waals surface area (Å²) >= 11 is 0. The number of sulfonamides is 1. The van der Waals surface area contributed by atoms with Gasteiger partial charge in [0, 0.05) is 38.1 Å². The summed E-state index contributed by atoms with van der Waals surface area (Å²) in [7, 11) is -3.63. The molecule has 2 aromatic carbocycles. The molecule has 0 radical (unpaired) electrons. The van der Waals surface area contributed by atoms with Gasteiger partial charge in [-0.2, -0.15) is 4.31 Å². The van der Waals surface area contributed by atoms with E-state index in [-0.39, 0.29) is 36.8 Å². The lowest BCUT2D eigenvalue weighted by molar-refractivity contribution is 0.0952. The molecule has 1 amide bonds. The number of carbonyl (C=O) groups is 1. The van der Waals surface area contributed by atoms with Gasteiger partial charge in [-0.25, -0.2) is 17.6 Å². The highest BCUT2D eigenvalue weighted by Gasteiger charge is 2.28. The van der Waals surface area contributed by atoms with E-state index in [9.17, 15) is 22.4 Å². The van der Waals surface area contributed by atoms with Crippen LogP contribution in [0.3, 0.4) is 0 Å². The smallest absolute Gasteiger partial charge is 0.349 e. The molecule has 3 aromatic rings. The summed E-state index contributed by atoms with van der Waals surface area (Å²) in [5, 5.41) is 3.07. The van der Waals surface area contributed by atoms with Gasteiger partial charge in [-0.1, -0.05) is 30.3 Å². The Morgan fingerprint density at radius 2 is 1.72 bits per heavy atom. The number of fused-ring (bicyclic) bond motifs is 1. The third kappa shape index (κ3) is 4.66. The van der Waals surface area contributed by atoms with Crippen molar-refractivity contribution in [2.75, 3.05) is 43.4 Å². The fourth-order valence-corrected chi connectivity index (χ4v) is 4.99. The zero-order valence-electron chi connectivity index (χ0n) is 17.2. The maximum atomic E-state index is 14.0. The van der Waals surface area contributed by atoms with Gasteiger partial charge < -0.3 is 14.6 Å². The molecule has 0 atom stereocenters. The number of anilines is 1. The molecule has 168 valence electrons. The maximum absolute atomic E-state index is 14.0. The van der Waals surface area contributed by atoms with E-state index in [0.717, 1.165) is 0 Å². The van der Waals surface area contributed by atoms with E-state index in [1.807, 2.05) is 4.90 Å². The number of hydrogen-bond donors (Lipinski definition) is 1. The van der Waals surface area contributed by atoms with Crippen molar-refractivity contribution in [3.63, 3.8) is 0 Å². The molecule has 0 aliphatic carbocycles. The van der Waals surface area contributed by atoms with Crippen molar-refractivity contribution in [1.82, 2.24) is 9.62 Å². The fraction of sp³-hybridized carbons (Fsp3) is 0.273. The van der Waals surface area contributed by atoms with E-state index in [0.29, 0.717) is 29.7 Å². The molecule has 8 nitrogen and oxygen atoms in total. The van der Waals surface area contributed by atoms with Gasteiger partial charge in [-0.15, -0.1) is 0 Å². The van der Waals surface area contributed by atoms with Crippen molar-refractivity contribution in [3.8, 4) is 0 Å². The number of para-hydroxylation sites is 2. The Hall–Kier alpha value is -3.24. The number of carbonyl (C=O) groups excluding carboxylic acids is 1. The van der Waals surface area contributed by atoms with Gasteiger partial charge in [0.1, 0.15) is 17.0 Å². The molecule has 1 aliphatic heterocycles. The molecule has 0 bridgehead atoms. The van der Waals surface area contributed by atoms with Gasteiger partial charge in [-0.3, -0.25) is 4.79 Å². The van der Waals surface area contributed by atoms with Crippen LogP contribution in [0.1, 0.15) is 10.4 Å². The van der Waals surface area contributed by atoms with Crippen molar-refractivity contribution in [2.24, 2.45) is 0 Å². The van der Waals surface area contributed by atoms with Gasteiger partial charge in [-0.05, 0) is 24.3 Å². The minimum atomic E-state index is -3.63. The first-order valence-electron chi connectivity index (χ1n) is 10.1. The zero-order valence-corrected chi connectivity index (χ0v) is 18.0. The average molecular weight is 459 g/mol. The van der Waals surface area contributed by atoms with Gasteiger partial charge in [0.25, 0.3) is 5.91 Å². The standard InChI is InChI=1S/C22H22FN3O5S/c23-18-6-2-3-7-19(18)25-10-12-26(13-11-25)32(29,30)14-9-24-21(27)17-15-16-5-1-4-8-20(16)31-22(17)28/h1-8,15H,9-14H2,(H,24,27). The first-order valence-corrected chi connectivity index (χ1v) is 11.7. The molecular formula is C22H22FN3O5S. The number of rotatable bonds is 6. The van der Waals surface area contributed by atoms with Crippen LogP contribution in [-0.2, 0) is 10.0 Å². The number of nitrogens with one attached hydrogen (secondary N) is 1. The lowest BCUT2D eigenvalue weighted by atomic mass is 10.2. The van der Waals surface area contributed by atoms with Crippen LogP contribution in [0.2, 0.25) is 0 Å². The first kappa shape index (κ1) is 22.0. The largest absolute Gasteiger partial charge is 0.422 e. The molecule has 0 unspecified atom stereocenters. The molecule has 1 N–H and O–H groups in total. The predicted octanol–water partition coefficient (Wildman–Crippen LogP) is 1.81. The minimum Gasteiger partial charge on any atom is -0.422 e. The molecule has 1 fully saturated rings. The van der Waals surface area contributed by atoms with E-state index < -0.39 is 21.6 Å². The number of benzene rings is 2. The highest BCUT2D eigenvalue weighted by Crippen LogP contribution is 2.21. The van der Waals surface area contributed by atoms with Crippen molar-refractivity contribution in [2.45, 2.75) is 0 Å². The Kier molecular flexibility index (Phi) is 6.24. The highest BCUT2D eigenvalue weighted by molar-refractivity contribution is 7.89. The molecule has 1 saturated heterocycles. The van der Waals surface area contributed by atoms with Crippen LogP contribution in [0.25, 0.3) is 11.0 Å². The number of hydrogen-bond acceptors (Lipinski definition) is 6. The second-order valence-corrected chi connectivity index (χ2v) is 9.48. The molecule has 10 heteroatoms. The van der Waals surface area contributed by atoms with E-state index in [2.05, 4.69) is 5.32 Å². The van der Waals surface area contributed by atoms with Gasteiger partial charge in [0.15, 0.2) is 0 Å². The third-order valence-electron chi connectivity index (χ3n) is 5.36. The average Bonchev–Trinajstić information content (AvgIpc) is 2.79. The Balaban J connectivity index is 1.33. The van der Waals surface area contributed by atoms with Crippen LogP contribution in [-0.4, -0.2) is 57.1 Å². The second-order valence-electron chi connectivity index (χ2n) is 7.39. The third-order valence-corrected chi connectivity index (χ3v) is 7.23. The Labute approximate surface area is 184 Å². The van der Waals surface area contributed by atoms with Crippen LogP contribution in [0.4, 0.5) is 10.1 Å². The lowest BCUT2D eigenvalue weighted by Crippen LogP contribution is -2.50. The molecular weight excluding hydrogens is 437 g/mol. The summed E-state index contributed by atoms with van der Waals surface area (Å²) in [5.74, 6) is -1.34. The first-order chi connectivity index (χ1) is 15.3. The highest BCUT2D eigenvalue weighted by atomic mass is 32.2. The normalized spacial score (nSPS) is 15.1. The molecule has 2 heterocycles. The van der Waals surface area contributed by atoms with Crippen molar-refractivity contribution >= 4 is 32.6 Å². The van der Waals surface area contributed by atoms with Crippen LogP contribution in [0, 0.1) is 5.82 Å². The van der Waals surface area contributed by atoms with Crippen molar-refractivity contribution < 1.29 is 22.0 Å². The predicted molar refractivity (Wildman–Crippen MR) is 119 cm³/mol. The molecule has 4 rings (SSSR count). The maximum Gasteiger partial charge on any atom is 0.349 e. The Morgan fingerprint density at radius 3 is 2.47 bits per heavy atom. The van der Waals surface area contributed by atoms with Crippen LogP contribution >= 0.6 is 0 Å². The van der Waals surface area contributed by atoms with Crippen LogP contribution in [0.15, 0.2) is 63.8 Å². The number of nitrogens with zero attached hydrogens (tertiary/aromatic N) is 2. The summed E-state index contributed by atoms with van der Waals surface area (Å²) < 4.78 is 45.7. The molecule has 1 aliphatic rings.